The summed E-state index contributed by atoms with van der Waals surface area (Å²) in [4.78, 5) is 4.36. The first-order chi connectivity index (χ1) is 9.27. The molecule has 5 nitrogen and oxygen atoms in total. The van der Waals surface area contributed by atoms with Crippen molar-refractivity contribution in [3.63, 3.8) is 0 Å². The molecule has 0 spiro atoms. The Kier molecular flexibility index (Phi) is 8.45. The minimum Gasteiger partial charge on any atom is -0.382 e. The van der Waals surface area contributed by atoms with Crippen LogP contribution in [0.25, 0.3) is 0 Å². The van der Waals surface area contributed by atoms with E-state index in [1.54, 1.807) is 7.11 Å². The monoisotopic (exact) mass is 269 g/mol. The molecule has 0 bridgehead atoms. The maximum atomic E-state index is 5.53. The van der Waals surface area contributed by atoms with E-state index >= 15 is 0 Å². The van der Waals surface area contributed by atoms with E-state index in [4.69, 9.17) is 9.47 Å². The van der Waals surface area contributed by atoms with Gasteiger partial charge in [0.05, 0.1) is 13.2 Å². The summed E-state index contributed by atoms with van der Waals surface area (Å²) >= 11 is 0. The molecule has 0 fully saturated rings. The van der Waals surface area contributed by atoms with Gasteiger partial charge >= 0.3 is 0 Å². The predicted molar refractivity (Wildman–Crippen MR) is 76.3 cm³/mol. The van der Waals surface area contributed by atoms with E-state index in [1.165, 1.54) is 0 Å². The lowest BCUT2D eigenvalue weighted by Gasteiger charge is -2.17. The number of hydrogen-bond acceptors (Lipinski definition) is 4. The van der Waals surface area contributed by atoms with Crippen molar-refractivity contribution < 1.29 is 9.47 Å². The average molecular weight is 269 g/mol. The van der Waals surface area contributed by atoms with Gasteiger partial charge in [-0.3, -0.25) is 0 Å². The third kappa shape index (κ3) is 6.71. The van der Waals surface area contributed by atoms with Crippen molar-refractivity contribution in [2.24, 2.45) is 7.05 Å². The normalized spacial score (nSPS) is 12.8. The van der Waals surface area contributed by atoms with E-state index in [-0.39, 0.29) is 0 Å². The molecule has 1 aromatic heterocycles. The lowest BCUT2D eigenvalue weighted by Crippen LogP contribution is -2.31. The van der Waals surface area contributed by atoms with Crippen LogP contribution in [-0.4, -0.2) is 49.1 Å². The zero-order valence-electron chi connectivity index (χ0n) is 12.4. The van der Waals surface area contributed by atoms with E-state index in [0.29, 0.717) is 19.3 Å². The Labute approximate surface area is 116 Å². The number of hydrogen-bond donors (Lipinski definition) is 1. The quantitative estimate of drug-likeness (QED) is 0.617. The summed E-state index contributed by atoms with van der Waals surface area (Å²) in [6.45, 7) is 5.25. The van der Waals surface area contributed by atoms with Crippen LogP contribution in [0.15, 0.2) is 12.4 Å². The van der Waals surface area contributed by atoms with E-state index in [2.05, 4.69) is 21.8 Å². The van der Waals surface area contributed by atoms with Gasteiger partial charge in [-0.1, -0.05) is 6.92 Å². The molecule has 1 rings (SSSR count). The highest BCUT2D eigenvalue weighted by Crippen LogP contribution is 2.05. The second-order valence-corrected chi connectivity index (χ2v) is 4.64. The second kappa shape index (κ2) is 9.95. The summed E-state index contributed by atoms with van der Waals surface area (Å²) in [5.74, 6) is 1.14. The predicted octanol–water partition coefficient (Wildman–Crippen LogP) is 1.38. The minimum atomic E-state index is 0.490. The Morgan fingerprint density at radius 3 is 2.79 bits per heavy atom. The smallest absolute Gasteiger partial charge is 0.108 e. The average Bonchev–Trinajstić information content (AvgIpc) is 2.81. The molecule has 0 radical (unpaired) electrons. The molecule has 0 aliphatic heterocycles. The van der Waals surface area contributed by atoms with Crippen molar-refractivity contribution in [2.75, 3.05) is 33.5 Å². The van der Waals surface area contributed by atoms with Gasteiger partial charge in [0.2, 0.25) is 0 Å². The number of aromatic nitrogens is 2. The zero-order valence-corrected chi connectivity index (χ0v) is 12.4. The highest BCUT2D eigenvalue weighted by Gasteiger charge is 2.09. The first-order valence-electron chi connectivity index (χ1n) is 7.04. The van der Waals surface area contributed by atoms with Crippen molar-refractivity contribution in [2.45, 2.75) is 32.2 Å². The Hall–Kier alpha value is -0.910. The summed E-state index contributed by atoms with van der Waals surface area (Å²) in [6, 6.07) is 0.490. The topological polar surface area (TPSA) is 48.3 Å². The van der Waals surface area contributed by atoms with Crippen LogP contribution in [0.1, 0.15) is 25.6 Å². The first-order valence-corrected chi connectivity index (χ1v) is 7.04. The maximum Gasteiger partial charge on any atom is 0.108 e. The Morgan fingerprint density at radius 1 is 1.32 bits per heavy atom. The van der Waals surface area contributed by atoms with Gasteiger partial charge in [0.1, 0.15) is 5.82 Å². The molecule has 1 atom stereocenters. The van der Waals surface area contributed by atoms with Crippen molar-refractivity contribution in [1.82, 2.24) is 14.9 Å². The zero-order chi connectivity index (χ0) is 13.9. The van der Waals surface area contributed by atoms with Gasteiger partial charge in [0.25, 0.3) is 0 Å². The molecule has 0 aromatic carbocycles. The third-order valence-corrected chi connectivity index (χ3v) is 3.17. The van der Waals surface area contributed by atoms with E-state index in [9.17, 15) is 0 Å². The Morgan fingerprint density at radius 2 is 2.16 bits per heavy atom. The molecule has 5 heteroatoms. The summed E-state index contributed by atoms with van der Waals surface area (Å²) in [6.07, 6.45) is 6.96. The number of rotatable bonds is 11. The van der Waals surface area contributed by atoms with Crippen LogP contribution in [0.4, 0.5) is 0 Å². The maximum absolute atomic E-state index is 5.53. The third-order valence-electron chi connectivity index (χ3n) is 3.17. The molecule has 1 unspecified atom stereocenters. The van der Waals surface area contributed by atoms with Gasteiger partial charge in [-0.25, -0.2) is 4.98 Å². The lowest BCUT2D eigenvalue weighted by atomic mass is 10.1. The van der Waals surface area contributed by atoms with Crippen LogP contribution in [0.3, 0.4) is 0 Å². The van der Waals surface area contributed by atoms with Crippen LogP contribution in [-0.2, 0) is 22.9 Å². The van der Waals surface area contributed by atoms with Crippen LogP contribution in [0, 0.1) is 0 Å². The van der Waals surface area contributed by atoms with Crippen LogP contribution in [0.5, 0.6) is 0 Å². The molecular weight excluding hydrogens is 242 g/mol. The van der Waals surface area contributed by atoms with Crippen molar-refractivity contribution in [1.29, 1.82) is 0 Å². The number of imidazole rings is 1. The molecule has 0 saturated carbocycles. The molecule has 1 heterocycles. The fraction of sp³-hybridized carbons (Fsp3) is 0.786. The molecular formula is C14H27N3O2. The van der Waals surface area contributed by atoms with Crippen LogP contribution >= 0.6 is 0 Å². The van der Waals surface area contributed by atoms with Crippen molar-refractivity contribution in [3.8, 4) is 0 Å². The fourth-order valence-corrected chi connectivity index (χ4v) is 2.05. The number of methoxy groups -OCH3 is 1. The SMILES string of the molecule is CCNC(CCOCCOC)CCc1nccn1C. The van der Waals surface area contributed by atoms with Crippen LogP contribution in [0.2, 0.25) is 0 Å². The lowest BCUT2D eigenvalue weighted by molar-refractivity contribution is 0.0655. The van der Waals surface area contributed by atoms with E-state index < -0.39 is 0 Å². The number of nitrogens with zero attached hydrogens (tertiary/aromatic N) is 2. The van der Waals surface area contributed by atoms with Gasteiger partial charge in [-0.2, -0.15) is 0 Å². The standard InChI is InChI=1S/C14H27N3O2/c1-4-15-13(7-10-19-12-11-18-3)5-6-14-16-8-9-17(14)2/h8-9,13,15H,4-7,10-12H2,1-3H3. The second-order valence-electron chi connectivity index (χ2n) is 4.64. The summed E-state index contributed by atoms with van der Waals surface area (Å²) in [5, 5.41) is 3.51. The van der Waals surface area contributed by atoms with Crippen molar-refractivity contribution in [3.05, 3.63) is 18.2 Å². The van der Waals surface area contributed by atoms with Crippen LogP contribution < -0.4 is 5.32 Å². The summed E-state index contributed by atoms with van der Waals surface area (Å²) in [5.41, 5.74) is 0. The molecule has 0 amide bonds. The van der Waals surface area contributed by atoms with Gasteiger partial charge < -0.3 is 19.4 Å². The van der Waals surface area contributed by atoms with Crippen molar-refractivity contribution >= 4 is 0 Å². The number of nitrogens with one attached hydrogen (secondary N) is 1. The molecule has 0 aliphatic carbocycles. The number of aryl methyl sites for hydroxylation is 2. The molecule has 0 aliphatic rings. The Balaban J connectivity index is 2.22. The van der Waals surface area contributed by atoms with Gasteiger partial charge in [-0.15, -0.1) is 0 Å². The number of ether oxygens (including phenoxy) is 2. The Bertz CT molecular complexity index is 328. The minimum absolute atomic E-state index is 0.490. The summed E-state index contributed by atoms with van der Waals surface area (Å²) < 4.78 is 12.6. The fourth-order valence-electron chi connectivity index (χ4n) is 2.05. The van der Waals surface area contributed by atoms with Gasteiger partial charge in [0.15, 0.2) is 0 Å². The highest BCUT2D eigenvalue weighted by atomic mass is 16.5. The highest BCUT2D eigenvalue weighted by molar-refractivity contribution is 4.92. The van der Waals surface area contributed by atoms with E-state index in [1.807, 2.05) is 19.4 Å². The largest absolute Gasteiger partial charge is 0.382 e. The van der Waals surface area contributed by atoms with Gasteiger partial charge in [0, 0.05) is 45.6 Å². The first kappa shape index (κ1) is 16.1. The molecule has 110 valence electrons. The molecule has 0 saturated heterocycles. The van der Waals surface area contributed by atoms with E-state index in [0.717, 1.165) is 38.2 Å². The molecule has 19 heavy (non-hydrogen) atoms. The molecule has 1 N–H and O–H groups in total. The molecule has 1 aromatic rings. The summed E-state index contributed by atoms with van der Waals surface area (Å²) in [7, 11) is 3.73. The van der Waals surface area contributed by atoms with Gasteiger partial charge in [-0.05, 0) is 19.4 Å².